The van der Waals surface area contributed by atoms with Gasteiger partial charge in [-0.05, 0) is 24.5 Å². The van der Waals surface area contributed by atoms with Gasteiger partial charge in [0, 0.05) is 17.8 Å². The maximum atomic E-state index is 12.5. The standard InChI is InChI=1S/C16H18ClN3O2/c17-15-6-2-1-4-12(15)9-19-10-13(8-18-19)16(22)20-7-3-5-14(20)11-21/h1-2,4,6,8,10,14,21H,3,5,7,9,11H2/t14-/m1/s1. The molecule has 2 heterocycles. The minimum Gasteiger partial charge on any atom is -0.394 e. The van der Waals surface area contributed by atoms with Crippen LogP contribution in [-0.2, 0) is 6.54 Å². The van der Waals surface area contributed by atoms with Gasteiger partial charge in [0.05, 0.1) is 31.0 Å². The van der Waals surface area contributed by atoms with Gasteiger partial charge in [-0.15, -0.1) is 0 Å². The number of rotatable bonds is 4. The van der Waals surface area contributed by atoms with Crippen molar-refractivity contribution in [3.05, 3.63) is 52.8 Å². The molecule has 1 N–H and O–H groups in total. The van der Waals surface area contributed by atoms with Crippen molar-refractivity contribution in [2.75, 3.05) is 13.2 Å². The molecular weight excluding hydrogens is 302 g/mol. The molecule has 6 heteroatoms. The number of carbonyl (C=O) groups is 1. The van der Waals surface area contributed by atoms with Crippen LogP contribution < -0.4 is 0 Å². The van der Waals surface area contributed by atoms with E-state index < -0.39 is 0 Å². The molecule has 0 radical (unpaired) electrons. The zero-order valence-corrected chi connectivity index (χ0v) is 12.9. The Balaban J connectivity index is 1.74. The number of hydrogen-bond donors (Lipinski definition) is 1. The Labute approximate surface area is 134 Å². The van der Waals surface area contributed by atoms with Crippen LogP contribution in [0.25, 0.3) is 0 Å². The Morgan fingerprint density at radius 3 is 3.00 bits per heavy atom. The maximum Gasteiger partial charge on any atom is 0.257 e. The number of likely N-dealkylation sites (tertiary alicyclic amines) is 1. The Kier molecular flexibility index (Phi) is 4.45. The predicted molar refractivity (Wildman–Crippen MR) is 83.9 cm³/mol. The molecule has 1 fully saturated rings. The zero-order valence-electron chi connectivity index (χ0n) is 12.2. The molecule has 1 atom stereocenters. The highest BCUT2D eigenvalue weighted by molar-refractivity contribution is 6.31. The number of aliphatic hydroxyl groups is 1. The molecule has 0 bridgehead atoms. The molecule has 1 aromatic carbocycles. The summed E-state index contributed by atoms with van der Waals surface area (Å²) in [5, 5.41) is 14.3. The van der Waals surface area contributed by atoms with E-state index in [9.17, 15) is 9.90 Å². The second kappa shape index (κ2) is 6.50. The topological polar surface area (TPSA) is 58.4 Å². The molecule has 22 heavy (non-hydrogen) atoms. The van der Waals surface area contributed by atoms with Crippen LogP contribution in [0.4, 0.5) is 0 Å². The SMILES string of the molecule is O=C(c1cnn(Cc2ccccc2Cl)c1)N1CCC[C@@H]1CO. The Morgan fingerprint density at radius 1 is 1.41 bits per heavy atom. The van der Waals surface area contributed by atoms with Gasteiger partial charge in [0.2, 0.25) is 0 Å². The fourth-order valence-electron chi connectivity index (χ4n) is 2.82. The lowest BCUT2D eigenvalue weighted by molar-refractivity contribution is 0.0677. The second-order valence-electron chi connectivity index (χ2n) is 5.50. The highest BCUT2D eigenvalue weighted by atomic mass is 35.5. The van der Waals surface area contributed by atoms with Crippen molar-refractivity contribution in [2.45, 2.75) is 25.4 Å². The number of amides is 1. The van der Waals surface area contributed by atoms with Crippen molar-refractivity contribution in [3.63, 3.8) is 0 Å². The summed E-state index contributed by atoms with van der Waals surface area (Å²) >= 11 is 6.14. The first-order valence-electron chi connectivity index (χ1n) is 7.36. The number of aromatic nitrogens is 2. The molecule has 1 amide bonds. The van der Waals surface area contributed by atoms with Crippen LogP contribution in [0.1, 0.15) is 28.8 Å². The maximum absolute atomic E-state index is 12.5. The van der Waals surface area contributed by atoms with Crippen LogP contribution in [0, 0.1) is 0 Å². The first-order valence-corrected chi connectivity index (χ1v) is 7.74. The van der Waals surface area contributed by atoms with Crippen molar-refractivity contribution in [1.29, 1.82) is 0 Å². The van der Waals surface area contributed by atoms with Crippen molar-refractivity contribution in [1.82, 2.24) is 14.7 Å². The predicted octanol–water partition coefficient (Wildman–Crippen LogP) is 2.18. The number of benzene rings is 1. The van der Waals surface area contributed by atoms with E-state index in [-0.39, 0.29) is 18.6 Å². The van der Waals surface area contributed by atoms with Crippen LogP contribution in [0.2, 0.25) is 5.02 Å². The summed E-state index contributed by atoms with van der Waals surface area (Å²) in [7, 11) is 0. The molecule has 116 valence electrons. The molecule has 5 nitrogen and oxygen atoms in total. The molecule has 1 aliphatic rings. The van der Waals surface area contributed by atoms with Gasteiger partial charge in [0.25, 0.3) is 5.91 Å². The van der Waals surface area contributed by atoms with Gasteiger partial charge in [-0.3, -0.25) is 9.48 Å². The van der Waals surface area contributed by atoms with E-state index in [0.717, 1.165) is 18.4 Å². The van der Waals surface area contributed by atoms with E-state index in [1.165, 1.54) is 0 Å². The van der Waals surface area contributed by atoms with Crippen LogP contribution in [0.15, 0.2) is 36.7 Å². The van der Waals surface area contributed by atoms with Crippen molar-refractivity contribution in [2.24, 2.45) is 0 Å². The van der Waals surface area contributed by atoms with Crippen LogP contribution >= 0.6 is 11.6 Å². The third-order valence-electron chi connectivity index (χ3n) is 4.02. The Hall–Kier alpha value is -1.85. The Morgan fingerprint density at radius 2 is 2.23 bits per heavy atom. The van der Waals surface area contributed by atoms with Gasteiger partial charge in [-0.2, -0.15) is 5.10 Å². The first-order chi connectivity index (χ1) is 10.7. The zero-order chi connectivity index (χ0) is 15.5. The number of aliphatic hydroxyl groups excluding tert-OH is 1. The fraction of sp³-hybridized carbons (Fsp3) is 0.375. The molecule has 0 spiro atoms. The molecule has 0 saturated carbocycles. The van der Waals surface area contributed by atoms with Gasteiger partial charge in [0.1, 0.15) is 0 Å². The van der Waals surface area contributed by atoms with Crippen molar-refractivity contribution < 1.29 is 9.90 Å². The van der Waals surface area contributed by atoms with E-state index >= 15 is 0 Å². The summed E-state index contributed by atoms with van der Waals surface area (Å²) in [4.78, 5) is 14.2. The van der Waals surface area contributed by atoms with Crippen LogP contribution in [0.3, 0.4) is 0 Å². The average molecular weight is 320 g/mol. The summed E-state index contributed by atoms with van der Waals surface area (Å²) in [6.45, 7) is 1.23. The van der Waals surface area contributed by atoms with Crippen LogP contribution in [-0.4, -0.2) is 44.9 Å². The minimum atomic E-state index is -0.0700. The normalized spacial score (nSPS) is 17.9. The average Bonchev–Trinajstić information content (AvgIpc) is 3.17. The highest BCUT2D eigenvalue weighted by Crippen LogP contribution is 2.20. The number of carbonyl (C=O) groups excluding carboxylic acids is 1. The Bertz CT molecular complexity index is 671. The molecule has 0 unspecified atom stereocenters. The summed E-state index contributed by atoms with van der Waals surface area (Å²) in [5.41, 5.74) is 1.51. The summed E-state index contributed by atoms with van der Waals surface area (Å²) < 4.78 is 1.71. The lowest BCUT2D eigenvalue weighted by Gasteiger charge is -2.22. The molecular formula is C16H18ClN3O2. The summed E-state index contributed by atoms with van der Waals surface area (Å²) in [6.07, 6.45) is 5.10. The van der Waals surface area contributed by atoms with E-state index in [1.54, 1.807) is 22.0 Å². The largest absolute Gasteiger partial charge is 0.394 e. The monoisotopic (exact) mass is 319 g/mol. The lowest BCUT2D eigenvalue weighted by atomic mass is 10.2. The molecule has 2 aromatic rings. The molecule has 3 rings (SSSR count). The highest BCUT2D eigenvalue weighted by Gasteiger charge is 2.29. The van der Waals surface area contributed by atoms with Gasteiger partial charge in [-0.25, -0.2) is 0 Å². The van der Waals surface area contributed by atoms with Crippen molar-refractivity contribution >= 4 is 17.5 Å². The second-order valence-corrected chi connectivity index (χ2v) is 5.90. The smallest absolute Gasteiger partial charge is 0.257 e. The lowest BCUT2D eigenvalue weighted by Crippen LogP contribution is -2.37. The van der Waals surface area contributed by atoms with E-state index in [1.807, 2.05) is 24.3 Å². The van der Waals surface area contributed by atoms with Crippen molar-refractivity contribution in [3.8, 4) is 0 Å². The van der Waals surface area contributed by atoms with Gasteiger partial charge in [0.15, 0.2) is 0 Å². The quantitative estimate of drug-likeness (QED) is 0.939. The summed E-state index contributed by atoms with van der Waals surface area (Å²) in [6, 6.07) is 7.51. The third kappa shape index (κ3) is 3.00. The first kappa shape index (κ1) is 15.1. The summed E-state index contributed by atoms with van der Waals surface area (Å²) in [5.74, 6) is -0.0676. The molecule has 0 aliphatic carbocycles. The van der Waals surface area contributed by atoms with E-state index in [0.29, 0.717) is 23.7 Å². The number of nitrogens with zero attached hydrogens (tertiary/aromatic N) is 3. The number of hydrogen-bond acceptors (Lipinski definition) is 3. The third-order valence-corrected chi connectivity index (χ3v) is 4.39. The molecule has 1 aromatic heterocycles. The van der Waals surface area contributed by atoms with E-state index in [4.69, 9.17) is 11.6 Å². The number of halogens is 1. The fourth-order valence-corrected chi connectivity index (χ4v) is 3.02. The van der Waals surface area contributed by atoms with Crippen LogP contribution in [0.5, 0.6) is 0 Å². The van der Waals surface area contributed by atoms with Gasteiger partial charge in [-0.1, -0.05) is 29.8 Å². The van der Waals surface area contributed by atoms with Gasteiger partial charge < -0.3 is 10.0 Å². The minimum absolute atomic E-state index is 0.0134. The molecule has 1 saturated heterocycles. The molecule has 1 aliphatic heterocycles. The van der Waals surface area contributed by atoms with E-state index in [2.05, 4.69) is 5.10 Å². The van der Waals surface area contributed by atoms with Gasteiger partial charge >= 0.3 is 0 Å².